The van der Waals surface area contributed by atoms with Crippen LogP contribution in [0.2, 0.25) is 0 Å². The van der Waals surface area contributed by atoms with Gasteiger partial charge in [0, 0.05) is 24.5 Å². The molecule has 4 heteroatoms. The molecule has 1 aromatic rings. The lowest BCUT2D eigenvalue weighted by atomic mass is 9.75. The minimum absolute atomic E-state index is 0. The molecule has 1 saturated heterocycles. The molecule has 0 aromatic heterocycles. The van der Waals surface area contributed by atoms with Crippen molar-refractivity contribution in [3.8, 4) is 0 Å². The van der Waals surface area contributed by atoms with Gasteiger partial charge in [-0.05, 0) is 50.5 Å². The van der Waals surface area contributed by atoms with Crippen LogP contribution < -0.4 is 5.73 Å². The van der Waals surface area contributed by atoms with Crippen LogP contribution in [-0.2, 0) is 11.2 Å². The first kappa shape index (κ1) is 17.3. The molecule has 22 heavy (non-hydrogen) atoms. The molecule has 1 unspecified atom stereocenters. The van der Waals surface area contributed by atoms with Gasteiger partial charge in [-0.2, -0.15) is 0 Å². The fourth-order valence-electron chi connectivity index (χ4n) is 3.64. The number of halogens is 1. The molecular formula is C18H27ClN2O. The highest BCUT2D eigenvalue weighted by Gasteiger charge is 2.37. The van der Waals surface area contributed by atoms with E-state index < -0.39 is 0 Å². The molecule has 1 heterocycles. The van der Waals surface area contributed by atoms with Crippen molar-refractivity contribution in [2.75, 3.05) is 6.54 Å². The molecule has 1 saturated carbocycles. The molecule has 0 bridgehead atoms. The molecule has 1 aliphatic heterocycles. The quantitative estimate of drug-likeness (QED) is 0.924. The van der Waals surface area contributed by atoms with Crippen LogP contribution in [0.1, 0.15) is 50.5 Å². The molecular weight excluding hydrogens is 296 g/mol. The molecule has 1 aliphatic carbocycles. The van der Waals surface area contributed by atoms with Crippen LogP contribution in [0.5, 0.6) is 0 Å². The van der Waals surface area contributed by atoms with Crippen molar-refractivity contribution in [1.29, 1.82) is 0 Å². The molecule has 0 spiro atoms. The van der Waals surface area contributed by atoms with E-state index in [9.17, 15) is 4.79 Å². The zero-order valence-corrected chi connectivity index (χ0v) is 14.0. The van der Waals surface area contributed by atoms with E-state index in [0.717, 1.165) is 38.6 Å². The normalized spacial score (nSPS) is 23.3. The minimum atomic E-state index is -0.203. The predicted octanol–water partition coefficient (Wildman–Crippen LogP) is 3.30. The van der Waals surface area contributed by atoms with Crippen LogP contribution >= 0.6 is 12.4 Å². The van der Waals surface area contributed by atoms with Gasteiger partial charge in [-0.3, -0.25) is 4.79 Å². The second-order valence-electron chi connectivity index (χ2n) is 6.82. The highest BCUT2D eigenvalue weighted by molar-refractivity contribution is 5.85. The van der Waals surface area contributed by atoms with Gasteiger partial charge in [0.2, 0.25) is 5.91 Å². The van der Waals surface area contributed by atoms with Gasteiger partial charge in [0.25, 0.3) is 0 Å². The van der Waals surface area contributed by atoms with Crippen molar-refractivity contribution in [3.05, 3.63) is 35.9 Å². The average molecular weight is 323 g/mol. The van der Waals surface area contributed by atoms with Crippen LogP contribution in [0.4, 0.5) is 0 Å². The first-order valence-electron chi connectivity index (χ1n) is 8.29. The van der Waals surface area contributed by atoms with Gasteiger partial charge in [0.05, 0.1) is 0 Å². The Bertz CT molecular complexity index is 487. The first-order chi connectivity index (χ1) is 10.2. The van der Waals surface area contributed by atoms with Gasteiger partial charge in [0.15, 0.2) is 0 Å². The molecule has 122 valence electrons. The Morgan fingerprint density at radius 1 is 1.18 bits per heavy atom. The smallest absolute Gasteiger partial charge is 0.224 e. The number of carbonyl (C=O) groups is 1. The van der Waals surface area contributed by atoms with E-state index >= 15 is 0 Å². The Morgan fingerprint density at radius 2 is 1.91 bits per heavy atom. The van der Waals surface area contributed by atoms with Crippen LogP contribution in [-0.4, -0.2) is 28.9 Å². The maximum Gasteiger partial charge on any atom is 0.224 e. The van der Waals surface area contributed by atoms with Crippen molar-refractivity contribution >= 4 is 18.3 Å². The van der Waals surface area contributed by atoms with E-state index in [1.807, 2.05) is 6.07 Å². The van der Waals surface area contributed by atoms with Gasteiger partial charge in [-0.15, -0.1) is 12.4 Å². The highest BCUT2D eigenvalue weighted by atomic mass is 35.5. The van der Waals surface area contributed by atoms with Crippen molar-refractivity contribution in [3.63, 3.8) is 0 Å². The summed E-state index contributed by atoms with van der Waals surface area (Å²) in [7, 11) is 0. The monoisotopic (exact) mass is 322 g/mol. The van der Waals surface area contributed by atoms with Crippen LogP contribution in [0.15, 0.2) is 30.3 Å². The van der Waals surface area contributed by atoms with Gasteiger partial charge < -0.3 is 10.6 Å². The average Bonchev–Trinajstić information content (AvgIpc) is 2.47. The van der Waals surface area contributed by atoms with E-state index in [0.29, 0.717) is 12.5 Å². The third-order valence-electron chi connectivity index (χ3n) is 5.11. The lowest BCUT2D eigenvalue weighted by Gasteiger charge is -2.42. The molecule has 2 N–H and O–H groups in total. The van der Waals surface area contributed by atoms with Gasteiger partial charge in [-0.25, -0.2) is 0 Å². The van der Waals surface area contributed by atoms with Crippen molar-refractivity contribution in [2.24, 2.45) is 5.73 Å². The fourth-order valence-corrected chi connectivity index (χ4v) is 3.64. The van der Waals surface area contributed by atoms with E-state index in [1.54, 1.807) is 0 Å². The summed E-state index contributed by atoms with van der Waals surface area (Å²) in [6.45, 7) is 0.909. The van der Waals surface area contributed by atoms with E-state index in [4.69, 9.17) is 5.73 Å². The number of piperidine rings is 1. The lowest BCUT2D eigenvalue weighted by molar-refractivity contribution is -0.136. The summed E-state index contributed by atoms with van der Waals surface area (Å²) in [4.78, 5) is 14.8. The van der Waals surface area contributed by atoms with E-state index in [2.05, 4.69) is 29.2 Å². The number of nitrogens with two attached hydrogens (primary N) is 1. The van der Waals surface area contributed by atoms with Crippen LogP contribution in [0, 0.1) is 0 Å². The standard InChI is InChI=1S/C18H26N2O.ClH/c19-18(10-6-11-18)14-17(21)20-12-5-4-9-16(20)13-15-7-2-1-3-8-15;/h1-3,7-8,16H,4-6,9-14,19H2;1H. The third-order valence-corrected chi connectivity index (χ3v) is 5.11. The Morgan fingerprint density at radius 3 is 2.55 bits per heavy atom. The number of nitrogens with zero attached hydrogens (tertiary/aromatic N) is 1. The SMILES string of the molecule is Cl.NC1(CC(=O)N2CCCCC2Cc2ccccc2)CCC1. The van der Waals surface area contributed by atoms with Crippen molar-refractivity contribution in [2.45, 2.75) is 62.9 Å². The Balaban J connectivity index is 0.00000176. The molecule has 3 nitrogen and oxygen atoms in total. The number of hydrogen-bond acceptors (Lipinski definition) is 2. The fraction of sp³-hybridized carbons (Fsp3) is 0.611. The van der Waals surface area contributed by atoms with E-state index in [1.165, 1.54) is 18.4 Å². The molecule has 3 rings (SSSR count). The van der Waals surface area contributed by atoms with Crippen molar-refractivity contribution < 1.29 is 4.79 Å². The number of hydrogen-bond donors (Lipinski definition) is 1. The Hall–Kier alpha value is -1.06. The zero-order chi connectivity index (χ0) is 14.7. The predicted molar refractivity (Wildman–Crippen MR) is 92.1 cm³/mol. The molecule has 1 atom stereocenters. The maximum absolute atomic E-state index is 12.7. The lowest BCUT2D eigenvalue weighted by Crippen LogP contribution is -2.53. The molecule has 2 fully saturated rings. The number of rotatable bonds is 4. The van der Waals surface area contributed by atoms with Crippen LogP contribution in [0.25, 0.3) is 0 Å². The second kappa shape index (κ2) is 7.47. The molecule has 2 aliphatic rings. The van der Waals surface area contributed by atoms with Gasteiger partial charge in [-0.1, -0.05) is 30.3 Å². The number of carbonyl (C=O) groups excluding carboxylic acids is 1. The summed E-state index contributed by atoms with van der Waals surface area (Å²) in [5.41, 5.74) is 7.39. The maximum atomic E-state index is 12.7. The number of likely N-dealkylation sites (tertiary alicyclic amines) is 1. The van der Waals surface area contributed by atoms with Crippen LogP contribution in [0.3, 0.4) is 0 Å². The zero-order valence-electron chi connectivity index (χ0n) is 13.2. The number of benzene rings is 1. The molecule has 1 amide bonds. The first-order valence-corrected chi connectivity index (χ1v) is 8.29. The summed E-state index contributed by atoms with van der Waals surface area (Å²) in [5, 5.41) is 0. The topological polar surface area (TPSA) is 46.3 Å². The minimum Gasteiger partial charge on any atom is -0.339 e. The molecule has 1 aromatic carbocycles. The summed E-state index contributed by atoms with van der Waals surface area (Å²) < 4.78 is 0. The second-order valence-corrected chi connectivity index (χ2v) is 6.82. The largest absolute Gasteiger partial charge is 0.339 e. The summed E-state index contributed by atoms with van der Waals surface area (Å²) >= 11 is 0. The highest BCUT2D eigenvalue weighted by Crippen LogP contribution is 2.33. The van der Waals surface area contributed by atoms with Crippen molar-refractivity contribution in [1.82, 2.24) is 4.90 Å². The Kier molecular flexibility index (Phi) is 5.87. The van der Waals surface area contributed by atoms with E-state index in [-0.39, 0.29) is 23.9 Å². The number of amides is 1. The third kappa shape index (κ3) is 4.02. The van der Waals surface area contributed by atoms with Gasteiger partial charge >= 0.3 is 0 Å². The van der Waals surface area contributed by atoms with Gasteiger partial charge in [0.1, 0.15) is 0 Å². The summed E-state index contributed by atoms with van der Waals surface area (Å²) in [6.07, 6.45) is 8.20. The Labute approximate surface area is 139 Å². The summed E-state index contributed by atoms with van der Waals surface area (Å²) in [5.74, 6) is 0.276. The molecule has 0 radical (unpaired) electrons. The summed E-state index contributed by atoms with van der Waals surface area (Å²) in [6, 6.07) is 10.9.